The first-order valence-electron chi connectivity index (χ1n) is 9.66. The van der Waals surface area contributed by atoms with E-state index in [0.29, 0.717) is 0 Å². The van der Waals surface area contributed by atoms with Gasteiger partial charge in [0.25, 0.3) is 0 Å². The zero-order valence-corrected chi connectivity index (χ0v) is 15.0. The summed E-state index contributed by atoms with van der Waals surface area (Å²) in [5.74, 6) is 0.126. The number of aliphatic hydroxyl groups is 1. The summed E-state index contributed by atoms with van der Waals surface area (Å²) >= 11 is 0. The third-order valence-electron chi connectivity index (χ3n) is 5.94. The van der Waals surface area contributed by atoms with E-state index in [2.05, 4.69) is 22.4 Å². The normalized spacial score (nSPS) is 26.3. The van der Waals surface area contributed by atoms with Gasteiger partial charge in [-0.3, -0.25) is 9.78 Å². The number of aliphatic hydroxyl groups excluding tert-OH is 1. The fourth-order valence-corrected chi connectivity index (χ4v) is 4.08. The van der Waals surface area contributed by atoms with E-state index in [0.717, 1.165) is 35.7 Å². The highest BCUT2D eigenvalue weighted by atomic mass is 16.3. The summed E-state index contributed by atoms with van der Waals surface area (Å²) in [6.07, 6.45) is 12.4. The van der Waals surface area contributed by atoms with Gasteiger partial charge >= 0.3 is 0 Å². The number of carbonyl (C=O) groups is 1. The van der Waals surface area contributed by atoms with Crippen molar-refractivity contribution in [1.29, 1.82) is 0 Å². The molecule has 26 heavy (non-hydrogen) atoms. The van der Waals surface area contributed by atoms with Crippen molar-refractivity contribution >= 4 is 22.9 Å². The minimum atomic E-state index is -0.627. The molecule has 0 unspecified atom stereocenters. The average molecular weight is 350 g/mol. The molecule has 136 valence electrons. The standard InChI is InChI=1S/C22H26N2O2/c25-15-22(21(26)24-19-7-2-1-3-8-19)13-18(22)11-10-16-12-17-6-4-5-9-20(17)23-14-16/h4-6,9-12,14,18-19,25H,1-3,7-8,13,15H2,(H,24,26)/b11-10+/t18-,22-/m1/s1. The van der Waals surface area contributed by atoms with Gasteiger partial charge in [0.05, 0.1) is 17.5 Å². The van der Waals surface area contributed by atoms with Crippen LogP contribution in [0.4, 0.5) is 0 Å². The van der Waals surface area contributed by atoms with Crippen LogP contribution in [0.3, 0.4) is 0 Å². The van der Waals surface area contributed by atoms with Crippen molar-refractivity contribution in [3.05, 3.63) is 48.2 Å². The molecule has 4 rings (SSSR count). The summed E-state index contributed by atoms with van der Waals surface area (Å²) in [4.78, 5) is 17.2. The van der Waals surface area contributed by atoms with Crippen molar-refractivity contribution in [2.45, 2.75) is 44.6 Å². The summed E-state index contributed by atoms with van der Waals surface area (Å²) in [5, 5.41) is 14.1. The molecule has 1 aromatic carbocycles. The van der Waals surface area contributed by atoms with Gasteiger partial charge in [0, 0.05) is 17.6 Å². The number of benzene rings is 1. The third-order valence-corrected chi connectivity index (χ3v) is 5.94. The van der Waals surface area contributed by atoms with Crippen LogP contribution in [-0.2, 0) is 4.79 Å². The van der Waals surface area contributed by atoms with Gasteiger partial charge in [0.2, 0.25) is 5.91 Å². The highest BCUT2D eigenvalue weighted by molar-refractivity contribution is 5.87. The summed E-state index contributed by atoms with van der Waals surface area (Å²) < 4.78 is 0. The fourth-order valence-electron chi connectivity index (χ4n) is 4.08. The number of allylic oxidation sites excluding steroid dienone is 1. The molecule has 2 aliphatic carbocycles. The fraction of sp³-hybridized carbons (Fsp3) is 0.455. The lowest BCUT2D eigenvalue weighted by Gasteiger charge is -2.25. The molecule has 1 aromatic heterocycles. The van der Waals surface area contributed by atoms with Gasteiger partial charge in [-0.2, -0.15) is 0 Å². The van der Waals surface area contributed by atoms with Crippen molar-refractivity contribution in [2.24, 2.45) is 11.3 Å². The van der Waals surface area contributed by atoms with Gasteiger partial charge in [0.1, 0.15) is 0 Å². The van der Waals surface area contributed by atoms with E-state index >= 15 is 0 Å². The molecule has 1 heterocycles. The Hall–Kier alpha value is -2.20. The summed E-state index contributed by atoms with van der Waals surface area (Å²) in [6.45, 7) is -0.0868. The maximum absolute atomic E-state index is 12.7. The van der Waals surface area contributed by atoms with Gasteiger partial charge in [-0.05, 0) is 42.9 Å². The van der Waals surface area contributed by atoms with Crippen LogP contribution in [-0.4, -0.2) is 28.6 Å². The second-order valence-corrected chi connectivity index (χ2v) is 7.75. The summed E-state index contributed by atoms with van der Waals surface area (Å²) in [7, 11) is 0. The second-order valence-electron chi connectivity index (χ2n) is 7.75. The highest BCUT2D eigenvalue weighted by Gasteiger charge is 2.58. The number of pyridine rings is 1. The van der Waals surface area contributed by atoms with E-state index in [-0.39, 0.29) is 24.5 Å². The lowest BCUT2D eigenvalue weighted by Crippen LogP contribution is -2.42. The van der Waals surface area contributed by atoms with E-state index in [4.69, 9.17) is 0 Å². The molecule has 2 saturated carbocycles. The zero-order chi connectivity index (χ0) is 18.0. The molecule has 2 atom stereocenters. The van der Waals surface area contributed by atoms with E-state index < -0.39 is 5.41 Å². The Bertz CT molecular complexity index is 826. The first-order chi connectivity index (χ1) is 12.7. The van der Waals surface area contributed by atoms with E-state index in [1.807, 2.05) is 36.5 Å². The molecule has 0 bridgehead atoms. The maximum Gasteiger partial charge on any atom is 0.229 e. The lowest BCUT2D eigenvalue weighted by molar-refractivity contribution is -0.129. The third kappa shape index (κ3) is 3.38. The summed E-state index contributed by atoms with van der Waals surface area (Å²) in [5.41, 5.74) is 1.38. The predicted molar refractivity (Wildman–Crippen MR) is 103 cm³/mol. The Labute approximate surface area is 154 Å². The van der Waals surface area contributed by atoms with E-state index in [9.17, 15) is 9.90 Å². The molecule has 4 heteroatoms. The predicted octanol–water partition coefficient (Wildman–Crippen LogP) is 3.70. The Morgan fingerprint density at radius 2 is 2.08 bits per heavy atom. The number of hydrogen-bond acceptors (Lipinski definition) is 3. The molecule has 4 nitrogen and oxygen atoms in total. The largest absolute Gasteiger partial charge is 0.395 e. The molecule has 0 saturated heterocycles. The van der Waals surface area contributed by atoms with Crippen LogP contribution in [0.5, 0.6) is 0 Å². The highest BCUT2D eigenvalue weighted by Crippen LogP contribution is 2.53. The number of fused-ring (bicyclic) bond motifs is 1. The molecule has 0 aliphatic heterocycles. The zero-order valence-electron chi connectivity index (χ0n) is 15.0. The molecular formula is C22H26N2O2. The monoisotopic (exact) mass is 350 g/mol. The number of para-hydroxylation sites is 1. The number of hydrogen-bond donors (Lipinski definition) is 2. The van der Waals surface area contributed by atoms with Gasteiger partial charge in [-0.1, -0.05) is 49.6 Å². The van der Waals surface area contributed by atoms with Gasteiger partial charge in [-0.25, -0.2) is 0 Å². The molecule has 1 amide bonds. The van der Waals surface area contributed by atoms with Crippen LogP contribution in [0.15, 0.2) is 42.6 Å². The molecule has 0 radical (unpaired) electrons. The van der Waals surface area contributed by atoms with Crippen LogP contribution in [0.25, 0.3) is 17.0 Å². The van der Waals surface area contributed by atoms with Crippen molar-refractivity contribution in [2.75, 3.05) is 6.61 Å². The Morgan fingerprint density at radius 3 is 2.88 bits per heavy atom. The minimum absolute atomic E-state index is 0.0261. The minimum Gasteiger partial charge on any atom is -0.395 e. The molecule has 2 N–H and O–H groups in total. The number of rotatable bonds is 5. The second kappa shape index (κ2) is 7.20. The smallest absolute Gasteiger partial charge is 0.229 e. The van der Waals surface area contributed by atoms with Gasteiger partial charge < -0.3 is 10.4 Å². The molecule has 0 spiro atoms. The van der Waals surface area contributed by atoms with Crippen molar-refractivity contribution in [3.8, 4) is 0 Å². The number of amides is 1. The van der Waals surface area contributed by atoms with Crippen molar-refractivity contribution < 1.29 is 9.90 Å². The first kappa shape index (κ1) is 17.2. The van der Waals surface area contributed by atoms with Crippen LogP contribution >= 0.6 is 0 Å². The van der Waals surface area contributed by atoms with Gasteiger partial charge in [0.15, 0.2) is 0 Å². The van der Waals surface area contributed by atoms with Crippen LogP contribution in [0, 0.1) is 11.3 Å². The quantitative estimate of drug-likeness (QED) is 0.864. The van der Waals surface area contributed by atoms with Gasteiger partial charge in [-0.15, -0.1) is 0 Å². The Morgan fingerprint density at radius 1 is 1.27 bits per heavy atom. The number of nitrogens with zero attached hydrogens (tertiary/aromatic N) is 1. The van der Waals surface area contributed by atoms with Crippen LogP contribution in [0.2, 0.25) is 0 Å². The van der Waals surface area contributed by atoms with E-state index in [1.54, 1.807) is 0 Å². The number of carbonyl (C=O) groups excluding carboxylic acids is 1. The maximum atomic E-state index is 12.7. The lowest BCUT2D eigenvalue weighted by atomic mass is 9.94. The summed E-state index contributed by atoms with van der Waals surface area (Å²) in [6, 6.07) is 10.4. The number of nitrogens with one attached hydrogen (secondary N) is 1. The first-order valence-corrected chi connectivity index (χ1v) is 9.66. The van der Waals surface area contributed by atoms with Crippen LogP contribution in [0.1, 0.15) is 44.1 Å². The average Bonchev–Trinajstić information content (AvgIpc) is 3.42. The SMILES string of the molecule is O=C(NC1CCCCC1)[C@@]1(CO)C[C@H]1/C=C/c1cnc2ccccc2c1. The Kier molecular flexibility index (Phi) is 4.77. The van der Waals surface area contributed by atoms with E-state index in [1.165, 1.54) is 19.3 Å². The van der Waals surface area contributed by atoms with Crippen molar-refractivity contribution in [1.82, 2.24) is 10.3 Å². The molecular weight excluding hydrogens is 324 g/mol. The molecule has 2 fully saturated rings. The van der Waals surface area contributed by atoms with Crippen molar-refractivity contribution in [3.63, 3.8) is 0 Å². The van der Waals surface area contributed by atoms with Crippen LogP contribution < -0.4 is 5.32 Å². The number of aromatic nitrogens is 1. The topological polar surface area (TPSA) is 62.2 Å². The molecule has 2 aliphatic rings. The Balaban J connectivity index is 1.42. The molecule has 2 aromatic rings.